The van der Waals surface area contributed by atoms with Crippen LogP contribution in [0.3, 0.4) is 0 Å². The van der Waals surface area contributed by atoms with Gasteiger partial charge in [-0.05, 0) is 51.0 Å². The molecule has 2 nitrogen and oxygen atoms in total. The van der Waals surface area contributed by atoms with Gasteiger partial charge in [-0.2, -0.15) is 0 Å². The van der Waals surface area contributed by atoms with Crippen molar-refractivity contribution in [1.82, 2.24) is 0 Å². The molecule has 3 aromatic carbocycles. The van der Waals surface area contributed by atoms with Crippen molar-refractivity contribution in [3.8, 4) is 22.3 Å². The molecule has 0 fully saturated rings. The van der Waals surface area contributed by atoms with Gasteiger partial charge in [-0.15, -0.1) is 0 Å². The maximum atomic E-state index is 9.57. The van der Waals surface area contributed by atoms with Crippen molar-refractivity contribution < 1.29 is 10.0 Å². The van der Waals surface area contributed by atoms with E-state index in [1.54, 1.807) is 0 Å². The van der Waals surface area contributed by atoms with Crippen molar-refractivity contribution in [2.45, 2.75) is 6.92 Å². The fourth-order valence-electron chi connectivity index (χ4n) is 3.31. The highest BCUT2D eigenvalue weighted by Crippen LogP contribution is 2.47. The molecule has 0 unspecified atom stereocenters. The normalized spacial score (nSPS) is 11.8. The van der Waals surface area contributed by atoms with Crippen LogP contribution in [0.15, 0.2) is 48.5 Å². The zero-order chi connectivity index (χ0) is 13.9. The quantitative estimate of drug-likeness (QED) is 0.516. The minimum absolute atomic E-state index is 0.567. The van der Waals surface area contributed by atoms with Gasteiger partial charge >= 0.3 is 7.12 Å². The van der Waals surface area contributed by atoms with Gasteiger partial charge < -0.3 is 10.0 Å². The molecule has 0 saturated carbocycles. The van der Waals surface area contributed by atoms with E-state index in [0.717, 1.165) is 10.8 Å². The Morgan fingerprint density at radius 2 is 1.55 bits per heavy atom. The van der Waals surface area contributed by atoms with E-state index in [9.17, 15) is 10.0 Å². The van der Waals surface area contributed by atoms with Gasteiger partial charge in [-0.25, -0.2) is 0 Å². The zero-order valence-corrected chi connectivity index (χ0v) is 11.1. The summed E-state index contributed by atoms with van der Waals surface area (Å²) in [6, 6.07) is 16.2. The van der Waals surface area contributed by atoms with Crippen molar-refractivity contribution in [3.63, 3.8) is 0 Å². The Morgan fingerprint density at radius 3 is 2.30 bits per heavy atom. The van der Waals surface area contributed by atoms with Gasteiger partial charge in [-0.3, -0.25) is 0 Å². The number of benzene rings is 3. The summed E-state index contributed by atoms with van der Waals surface area (Å²) in [5, 5.41) is 21.2. The first-order valence-corrected chi connectivity index (χ1v) is 6.70. The van der Waals surface area contributed by atoms with E-state index in [1.165, 1.54) is 27.8 Å². The molecule has 2 N–H and O–H groups in total. The van der Waals surface area contributed by atoms with Crippen LogP contribution in [0.2, 0.25) is 0 Å². The minimum Gasteiger partial charge on any atom is -0.423 e. The van der Waals surface area contributed by atoms with Crippen LogP contribution in [0.4, 0.5) is 0 Å². The van der Waals surface area contributed by atoms with Crippen LogP contribution in [0.5, 0.6) is 0 Å². The summed E-state index contributed by atoms with van der Waals surface area (Å²) in [5.41, 5.74) is 6.64. The Balaban J connectivity index is 2.23. The lowest BCUT2D eigenvalue weighted by Crippen LogP contribution is -2.30. The van der Waals surface area contributed by atoms with Crippen molar-refractivity contribution in [2.75, 3.05) is 0 Å². The molecule has 0 amide bonds. The van der Waals surface area contributed by atoms with Crippen molar-refractivity contribution in [2.24, 2.45) is 0 Å². The van der Waals surface area contributed by atoms with Gasteiger partial charge in [0.25, 0.3) is 0 Å². The highest BCUT2D eigenvalue weighted by Gasteiger charge is 2.25. The van der Waals surface area contributed by atoms with Crippen molar-refractivity contribution in [3.05, 3.63) is 54.1 Å². The third-order valence-corrected chi connectivity index (χ3v) is 4.19. The second-order valence-electron chi connectivity index (χ2n) is 5.30. The Hall–Kier alpha value is -2.10. The standard InChI is InChI=1S/C17H13BO2/c1-10-6-7-14-15(18(19)20)9-8-13-11-4-2-3-5-12(11)16(10)17(13)14/h2-9,19-20H,1H3. The molecule has 1 aliphatic rings. The van der Waals surface area contributed by atoms with Gasteiger partial charge in [0.15, 0.2) is 0 Å². The van der Waals surface area contributed by atoms with Crippen molar-refractivity contribution in [1.29, 1.82) is 0 Å². The molecular formula is C17H13BO2. The summed E-state index contributed by atoms with van der Waals surface area (Å²) in [7, 11) is -1.44. The Morgan fingerprint density at radius 1 is 0.800 bits per heavy atom. The first-order valence-electron chi connectivity index (χ1n) is 6.70. The molecule has 3 heteroatoms. The van der Waals surface area contributed by atoms with E-state index in [2.05, 4.69) is 25.1 Å². The number of hydrogen-bond donors (Lipinski definition) is 2. The van der Waals surface area contributed by atoms with E-state index >= 15 is 0 Å². The SMILES string of the molecule is Cc1ccc2c(B(O)O)ccc3c2c1-c1ccccc1-3. The Labute approximate surface area is 117 Å². The fourth-order valence-corrected chi connectivity index (χ4v) is 3.31. The first-order chi connectivity index (χ1) is 9.68. The zero-order valence-electron chi connectivity index (χ0n) is 11.1. The van der Waals surface area contributed by atoms with E-state index in [0.29, 0.717) is 5.46 Å². The van der Waals surface area contributed by atoms with Crippen LogP contribution in [0.1, 0.15) is 5.56 Å². The Kier molecular flexibility index (Phi) is 2.31. The monoisotopic (exact) mass is 260 g/mol. The summed E-state index contributed by atoms with van der Waals surface area (Å²) in [5.74, 6) is 0. The third kappa shape index (κ3) is 1.36. The second kappa shape index (κ2) is 3.95. The third-order valence-electron chi connectivity index (χ3n) is 4.19. The molecule has 0 spiro atoms. The summed E-state index contributed by atoms with van der Waals surface area (Å²) in [6.45, 7) is 2.10. The summed E-state index contributed by atoms with van der Waals surface area (Å²) in [6.07, 6.45) is 0. The van der Waals surface area contributed by atoms with Crippen LogP contribution in [0, 0.1) is 6.92 Å². The summed E-state index contributed by atoms with van der Waals surface area (Å²) >= 11 is 0. The van der Waals surface area contributed by atoms with Gasteiger partial charge in [0.2, 0.25) is 0 Å². The number of rotatable bonds is 1. The van der Waals surface area contributed by atoms with Gasteiger partial charge in [-0.1, -0.05) is 48.5 Å². The second-order valence-corrected chi connectivity index (χ2v) is 5.30. The molecule has 3 aromatic rings. The van der Waals surface area contributed by atoms with Crippen LogP contribution in [0.25, 0.3) is 33.0 Å². The maximum absolute atomic E-state index is 9.57. The molecule has 0 radical (unpaired) electrons. The number of fused-ring (bicyclic) bond motifs is 3. The lowest BCUT2D eigenvalue weighted by molar-refractivity contribution is 0.426. The molecular weight excluding hydrogens is 247 g/mol. The molecule has 1 aliphatic carbocycles. The van der Waals surface area contributed by atoms with E-state index in [1.807, 2.05) is 30.3 Å². The molecule has 20 heavy (non-hydrogen) atoms. The van der Waals surface area contributed by atoms with E-state index < -0.39 is 7.12 Å². The van der Waals surface area contributed by atoms with Crippen LogP contribution in [-0.2, 0) is 0 Å². The molecule has 4 rings (SSSR count). The molecule has 0 atom stereocenters. The highest BCUT2D eigenvalue weighted by atomic mass is 16.4. The largest absolute Gasteiger partial charge is 0.489 e. The molecule has 0 aromatic heterocycles. The van der Waals surface area contributed by atoms with E-state index in [-0.39, 0.29) is 0 Å². The molecule has 0 heterocycles. The molecule has 0 bridgehead atoms. The van der Waals surface area contributed by atoms with Crippen LogP contribution < -0.4 is 5.46 Å². The topological polar surface area (TPSA) is 40.5 Å². The van der Waals surface area contributed by atoms with Gasteiger partial charge in [0.1, 0.15) is 0 Å². The summed E-state index contributed by atoms with van der Waals surface area (Å²) < 4.78 is 0. The molecule has 0 aliphatic heterocycles. The Bertz CT molecular complexity index is 853. The van der Waals surface area contributed by atoms with Crippen LogP contribution in [-0.4, -0.2) is 17.2 Å². The number of aryl methyl sites for hydroxylation is 1. The lowest BCUT2D eigenvalue weighted by Gasteiger charge is -2.10. The predicted octanol–water partition coefficient (Wildman–Crippen LogP) is 2.48. The lowest BCUT2D eigenvalue weighted by atomic mass is 9.76. The fraction of sp³-hybridized carbons (Fsp3) is 0.0588. The average Bonchev–Trinajstić information content (AvgIpc) is 2.79. The number of hydrogen-bond acceptors (Lipinski definition) is 2. The van der Waals surface area contributed by atoms with Gasteiger partial charge in [0, 0.05) is 0 Å². The van der Waals surface area contributed by atoms with Crippen LogP contribution >= 0.6 is 0 Å². The minimum atomic E-state index is -1.44. The molecule has 0 saturated heterocycles. The molecule has 96 valence electrons. The van der Waals surface area contributed by atoms with Gasteiger partial charge in [0.05, 0.1) is 0 Å². The smallest absolute Gasteiger partial charge is 0.423 e. The van der Waals surface area contributed by atoms with Crippen molar-refractivity contribution >= 4 is 23.4 Å². The maximum Gasteiger partial charge on any atom is 0.489 e. The van der Waals surface area contributed by atoms with E-state index in [4.69, 9.17) is 0 Å². The highest BCUT2D eigenvalue weighted by molar-refractivity contribution is 6.62. The predicted molar refractivity (Wildman–Crippen MR) is 82.9 cm³/mol. The average molecular weight is 260 g/mol. The first kappa shape index (κ1) is 11.7. The summed E-state index contributed by atoms with van der Waals surface area (Å²) in [4.78, 5) is 0.